The number of hydrogen-bond acceptors (Lipinski definition) is 12. The normalized spacial score (nSPS) is 13.7. The van der Waals surface area contributed by atoms with E-state index in [1.165, 1.54) is 96.3 Å². The molecule has 0 aliphatic rings. The Labute approximate surface area is 448 Å². The van der Waals surface area contributed by atoms with Crippen molar-refractivity contribution >= 4 is 63.4 Å². The molecule has 0 saturated heterocycles. The molecule has 0 fully saturated rings. The van der Waals surface area contributed by atoms with Crippen LogP contribution in [0.1, 0.15) is 271 Å². The predicted molar refractivity (Wildman–Crippen MR) is 295 cm³/mol. The lowest BCUT2D eigenvalue weighted by Gasteiger charge is -2.20. The first-order valence-electron chi connectivity index (χ1n) is 28.3. The van der Waals surface area contributed by atoms with E-state index in [0.717, 1.165) is 77.0 Å². The van der Waals surface area contributed by atoms with Crippen LogP contribution < -0.4 is 0 Å². The summed E-state index contributed by atoms with van der Waals surface area (Å²) in [6.45, 7) is 6.56. The Balaban J connectivity index is 5.75. The summed E-state index contributed by atoms with van der Waals surface area (Å²) in [5, 5.41) is -6.66. The van der Waals surface area contributed by atoms with Crippen molar-refractivity contribution in [2.45, 2.75) is 287 Å². The van der Waals surface area contributed by atoms with Gasteiger partial charge in [0, 0.05) is 0 Å². The summed E-state index contributed by atoms with van der Waals surface area (Å²) in [5.41, 5.74) is 0. The van der Waals surface area contributed by atoms with Crippen LogP contribution in [0.4, 0.5) is 0 Å². The van der Waals surface area contributed by atoms with Gasteiger partial charge in [0.15, 0.2) is 15.7 Å². The Morgan fingerprint density at radius 3 is 0.699 bits per heavy atom. The van der Waals surface area contributed by atoms with Gasteiger partial charge in [0.2, 0.25) is 0 Å². The topological polar surface area (TPSA) is 242 Å². The van der Waals surface area contributed by atoms with Crippen LogP contribution in [0.2, 0.25) is 0 Å². The molecule has 73 heavy (non-hydrogen) atoms. The zero-order valence-corrected chi connectivity index (χ0v) is 48.9. The van der Waals surface area contributed by atoms with Crippen LogP contribution in [0.15, 0.2) is 36.5 Å². The molecule has 426 valence electrons. The van der Waals surface area contributed by atoms with E-state index >= 15 is 0 Å². The van der Waals surface area contributed by atoms with Gasteiger partial charge in [-0.15, -0.1) is 0 Å². The summed E-state index contributed by atoms with van der Waals surface area (Å²) in [5.74, 6) is -5.02. The quantitative estimate of drug-likeness (QED) is 0.0222. The van der Waals surface area contributed by atoms with Crippen LogP contribution in [-0.4, -0.2) is 87.7 Å². The van der Waals surface area contributed by atoms with Crippen molar-refractivity contribution in [3.05, 3.63) is 36.5 Å². The number of carbonyl (C=O) groups is 3. The highest BCUT2D eigenvalue weighted by Gasteiger charge is 2.54. The summed E-state index contributed by atoms with van der Waals surface area (Å²) in [4.78, 5) is 40.3. The standard InChI is InChI=1S/3C18H34O5S.Al/c3*1-2-3-4-5-6-7-8-9-10-11-12-13-14-15-16-17(18(19)20)24(21,22)23;/h3*9-10,17H,2-8,11-16H2,1H3,(H,19,20)(H,21,22,23);/q;;;+3/p-3. The largest absolute Gasteiger partial charge is 1.20 e. The smallest absolute Gasteiger partial charge is 0.550 e. The van der Waals surface area contributed by atoms with Crippen molar-refractivity contribution in [1.29, 1.82) is 0 Å². The van der Waals surface area contributed by atoms with E-state index in [0.29, 0.717) is 38.5 Å². The van der Waals surface area contributed by atoms with Crippen molar-refractivity contribution in [3.63, 3.8) is 0 Å². The lowest BCUT2D eigenvalue weighted by molar-refractivity contribution is -0.147. The summed E-state index contributed by atoms with van der Waals surface area (Å²) >= 11 is -4.72. The fourth-order valence-electron chi connectivity index (χ4n) is 8.42. The molecule has 0 aliphatic carbocycles. The van der Waals surface area contributed by atoms with Gasteiger partial charge < -0.3 is 11.4 Å². The van der Waals surface area contributed by atoms with Gasteiger partial charge in [-0.2, -0.15) is 25.3 Å². The molecule has 0 aromatic rings. The highest BCUT2D eigenvalue weighted by molar-refractivity contribution is 7.87. The monoisotopic (exact) mass is 1110 g/mol. The average Bonchev–Trinajstić information content (AvgIpc) is 3.31. The molecule has 19 heteroatoms. The highest BCUT2D eigenvalue weighted by atomic mass is 32.2. The lowest BCUT2D eigenvalue weighted by atomic mass is 10.1. The zero-order chi connectivity index (χ0) is 54.5. The second-order valence-corrected chi connectivity index (χ2v) is 25.7. The minimum atomic E-state index is -5.15. The summed E-state index contributed by atoms with van der Waals surface area (Å²) < 4.78 is 120. The van der Waals surface area contributed by atoms with Crippen LogP contribution in [0.3, 0.4) is 0 Å². The predicted octanol–water partition coefficient (Wildman–Crippen LogP) is 14.3. The molecular formula is C54H99AlO15S3. The molecule has 0 heterocycles. The van der Waals surface area contributed by atoms with Gasteiger partial charge in [0.25, 0.3) is 48.3 Å². The van der Waals surface area contributed by atoms with Crippen molar-refractivity contribution < 1.29 is 64.7 Å². The third-order valence-corrected chi connectivity index (χ3v) is 17.7. The van der Waals surface area contributed by atoms with Gasteiger partial charge in [-0.3, -0.25) is 28.0 Å². The minimum Gasteiger partial charge on any atom is -0.550 e. The van der Waals surface area contributed by atoms with Gasteiger partial charge in [-0.1, -0.05) is 211 Å². The maximum atomic E-state index is 13.4. The SMILES string of the molecule is CCCCCCCCC=CCCCCCCC(C(=O)[O][Al]([O]C(=O)C(CCCCCCC=CCCCCCCCC)S(=O)(=O)O)[O]C(=O)C(CCCCCCC=CCCCCCCCC)S(=O)(=O)O)S(=O)(=O)O. The van der Waals surface area contributed by atoms with Crippen molar-refractivity contribution in [1.82, 2.24) is 0 Å². The maximum absolute atomic E-state index is 13.4. The number of carbonyl (C=O) groups excluding carboxylic acids is 3. The molecule has 3 unspecified atom stereocenters. The second-order valence-electron chi connectivity index (χ2n) is 19.7. The molecule has 0 bridgehead atoms. The number of allylic oxidation sites excluding steroid dienone is 6. The molecule has 3 atom stereocenters. The lowest BCUT2D eigenvalue weighted by Crippen LogP contribution is -2.45. The third kappa shape index (κ3) is 41.7. The third-order valence-electron chi connectivity index (χ3n) is 12.9. The van der Waals surface area contributed by atoms with Crippen LogP contribution in [-0.2, 0) is 56.1 Å². The van der Waals surface area contributed by atoms with Gasteiger partial charge >= 0.3 is 15.1 Å². The fraction of sp³-hybridized carbons (Fsp3) is 0.833. The van der Waals surface area contributed by atoms with E-state index in [1.807, 2.05) is 0 Å². The van der Waals surface area contributed by atoms with Gasteiger partial charge in [-0.25, -0.2) is 0 Å². The summed E-state index contributed by atoms with van der Waals surface area (Å²) in [6, 6.07) is 0. The first-order valence-corrected chi connectivity index (χ1v) is 34.3. The number of rotatable bonds is 51. The first kappa shape index (κ1) is 70.9. The number of hydrogen-bond donors (Lipinski definition) is 3. The van der Waals surface area contributed by atoms with E-state index in [1.54, 1.807) is 0 Å². The molecule has 0 saturated carbocycles. The van der Waals surface area contributed by atoms with E-state index in [-0.39, 0.29) is 19.3 Å². The van der Waals surface area contributed by atoms with Crippen LogP contribution in [0.5, 0.6) is 0 Å². The number of unbranched alkanes of at least 4 members (excludes halogenated alkanes) is 30. The summed E-state index contributed by atoms with van der Waals surface area (Å²) in [6.07, 6.45) is 45.1. The van der Waals surface area contributed by atoms with Crippen molar-refractivity contribution in [3.8, 4) is 0 Å². The Morgan fingerprint density at radius 1 is 0.329 bits per heavy atom. The highest BCUT2D eigenvalue weighted by Crippen LogP contribution is 2.21. The Kier molecular flexibility index (Phi) is 44.7. The van der Waals surface area contributed by atoms with E-state index in [9.17, 15) is 53.3 Å². The maximum Gasteiger partial charge on any atom is 1.20 e. The minimum absolute atomic E-state index is 0.146. The Hall–Kier alpha value is -2.11. The van der Waals surface area contributed by atoms with Crippen LogP contribution in [0, 0.1) is 0 Å². The molecule has 0 aromatic carbocycles. The molecule has 15 nitrogen and oxygen atoms in total. The molecule has 0 aliphatic heterocycles. The molecule has 0 spiro atoms. The van der Waals surface area contributed by atoms with Crippen LogP contribution in [0.25, 0.3) is 0 Å². The zero-order valence-electron chi connectivity index (χ0n) is 45.3. The Bertz CT molecular complexity index is 1630. The summed E-state index contributed by atoms with van der Waals surface area (Å²) in [7, 11) is -15.5. The Morgan fingerprint density at radius 2 is 0.507 bits per heavy atom. The first-order chi connectivity index (χ1) is 34.9. The van der Waals surface area contributed by atoms with E-state index < -0.39 is 98.4 Å². The van der Waals surface area contributed by atoms with Crippen molar-refractivity contribution in [2.75, 3.05) is 0 Å². The second kappa shape index (κ2) is 46.0. The molecule has 3 N–H and O–H groups in total. The van der Waals surface area contributed by atoms with E-state index in [2.05, 4.69) is 57.2 Å². The van der Waals surface area contributed by atoms with Crippen molar-refractivity contribution in [2.24, 2.45) is 0 Å². The van der Waals surface area contributed by atoms with E-state index in [4.69, 9.17) is 11.4 Å². The molecule has 0 rings (SSSR count). The molecule has 0 radical (unpaired) electrons. The van der Waals surface area contributed by atoms with Gasteiger partial charge in [0.1, 0.15) is 0 Å². The average molecular weight is 1110 g/mol. The van der Waals surface area contributed by atoms with Gasteiger partial charge in [-0.05, 0) is 96.3 Å². The van der Waals surface area contributed by atoms with Gasteiger partial charge in [0.05, 0.1) is 0 Å². The molecule has 0 amide bonds. The van der Waals surface area contributed by atoms with Crippen LogP contribution >= 0.6 is 0 Å². The molecular weight excluding hydrogens is 1010 g/mol. The fourth-order valence-corrected chi connectivity index (χ4v) is 12.2. The molecule has 0 aromatic heterocycles.